The minimum atomic E-state index is 0.0899. The summed E-state index contributed by atoms with van der Waals surface area (Å²) in [5, 5.41) is 4.02. The number of aryl methyl sites for hydroxylation is 1. The van der Waals surface area contributed by atoms with Gasteiger partial charge in [-0.25, -0.2) is 9.97 Å². The largest absolute Gasteiger partial charge is 0.497 e. The minimum absolute atomic E-state index is 0.0899. The fraction of sp³-hybridized carbons (Fsp3) is 0.273. The van der Waals surface area contributed by atoms with Crippen LogP contribution in [0.25, 0.3) is 0 Å². The number of methoxy groups -OCH3 is 1. The molecule has 6 heteroatoms. The van der Waals surface area contributed by atoms with Crippen molar-refractivity contribution in [3.63, 3.8) is 0 Å². The van der Waals surface area contributed by atoms with Crippen LogP contribution in [0, 0.1) is 0 Å². The fourth-order valence-electron chi connectivity index (χ4n) is 2.89. The van der Waals surface area contributed by atoms with Gasteiger partial charge in [-0.05, 0) is 54.8 Å². The van der Waals surface area contributed by atoms with Crippen molar-refractivity contribution in [2.75, 3.05) is 12.4 Å². The topological polar surface area (TPSA) is 56.3 Å². The third-order valence-corrected chi connectivity index (χ3v) is 4.89. The Kier molecular flexibility index (Phi) is 6.71. The van der Waals surface area contributed by atoms with Crippen molar-refractivity contribution >= 4 is 17.4 Å². The van der Waals surface area contributed by atoms with Crippen molar-refractivity contribution in [2.24, 2.45) is 0 Å². The van der Waals surface area contributed by atoms with Gasteiger partial charge in [0.05, 0.1) is 18.8 Å². The van der Waals surface area contributed by atoms with Crippen molar-refractivity contribution in [3.8, 4) is 17.2 Å². The highest BCUT2D eigenvalue weighted by molar-refractivity contribution is 6.33. The zero-order valence-electron chi connectivity index (χ0n) is 16.3. The first-order valence-electron chi connectivity index (χ1n) is 9.32. The van der Waals surface area contributed by atoms with Gasteiger partial charge in [-0.15, -0.1) is 0 Å². The summed E-state index contributed by atoms with van der Waals surface area (Å²) in [6, 6.07) is 15.6. The molecular weight excluding hydrogens is 374 g/mol. The Bertz CT molecular complexity index is 899. The molecule has 0 fully saturated rings. The van der Waals surface area contributed by atoms with E-state index in [4.69, 9.17) is 21.1 Å². The van der Waals surface area contributed by atoms with Gasteiger partial charge in [0.1, 0.15) is 34.4 Å². The highest BCUT2D eigenvalue weighted by Gasteiger charge is 2.14. The van der Waals surface area contributed by atoms with Gasteiger partial charge in [0.25, 0.3) is 0 Å². The summed E-state index contributed by atoms with van der Waals surface area (Å²) >= 11 is 6.42. The van der Waals surface area contributed by atoms with Crippen molar-refractivity contribution in [2.45, 2.75) is 32.7 Å². The lowest BCUT2D eigenvalue weighted by Gasteiger charge is -2.19. The molecule has 0 saturated carbocycles. The molecule has 0 aliphatic carbocycles. The van der Waals surface area contributed by atoms with Crippen molar-refractivity contribution in [3.05, 3.63) is 71.1 Å². The standard InChI is InChI=1S/C22H24ClN3O2/c1-4-19(26-22-21(23)20(5-2)24-14-25-22)15-6-8-17(9-7-15)28-18-12-10-16(27-3)11-13-18/h6-14,19H,4-5H2,1-3H3,(H,24,25,26). The van der Waals surface area contributed by atoms with Crippen LogP contribution in [0.5, 0.6) is 17.2 Å². The van der Waals surface area contributed by atoms with E-state index >= 15 is 0 Å². The molecule has 2 aromatic carbocycles. The molecule has 0 radical (unpaired) electrons. The van der Waals surface area contributed by atoms with E-state index in [1.807, 2.05) is 43.3 Å². The van der Waals surface area contributed by atoms with Gasteiger partial charge in [0, 0.05) is 0 Å². The van der Waals surface area contributed by atoms with Crippen molar-refractivity contribution < 1.29 is 9.47 Å². The third-order valence-electron chi connectivity index (χ3n) is 4.49. The molecule has 0 aliphatic rings. The Morgan fingerprint density at radius 3 is 2.11 bits per heavy atom. The molecule has 1 unspecified atom stereocenters. The molecule has 0 saturated heterocycles. The predicted molar refractivity (Wildman–Crippen MR) is 113 cm³/mol. The molecule has 0 aliphatic heterocycles. The molecule has 146 valence electrons. The van der Waals surface area contributed by atoms with Gasteiger partial charge >= 0.3 is 0 Å². The summed E-state index contributed by atoms with van der Waals surface area (Å²) in [4.78, 5) is 8.52. The van der Waals surface area contributed by atoms with Crippen LogP contribution in [-0.4, -0.2) is 17.1 Å². The van der Waals surface area contributed by atoms with E-state index in [0.29, 0.717) is 10.8 Å². The SMILES string of the molecule is CCc1ncnc(NC(CC)c2ccc(Oc3ccc(OC)cc3)cc2)c1Cl. The average Bonchev–Trinajstić information content (AvgIpc) is 2.74. The van der Waals surface area contributed by atoms with Crippen LogP contribution in [-0.2, 0) is 6.42 Å². The van der Waals surface area contributed by atoms with E-state index in [1.54, 1.807) is 13.4 Å². The van der Waals surface area contributed by atoms with Crippen molar-refractivity contribution in [1.82, 2.24) is 9.97 Å². The van der Waals surface area contributed by atoms with E-state index in [-0.39, 0.29) is 6.04 Å². The Labute approximate surface area is 170 Å². The lowest BCUT2D eigenvalue weighted by molar-refractivity contribution is 0.413. The van der Waals surface area contributed by atoms with Crippen LogP contribution in [0.3, 0.4) is 0 Å². The fourth-order valence-corrected chi connectivity index (χ4v) is 3.17. The van der Waals surface area contributed by atoms with Crippen LogP contribution < -0.4 is 14.8 Å². The number of anilines is 1. The maximum atomic E-state index is 6.42. The molecule has 1 aromatic heterocycles. The molecule has 3 rings (SSSR count). The first-order valence-corrected chi connectivity index (χ1v) is 9.70. The smallest absolute Gasteiger partial charge is 0.149 e. The first kappa shape index (κ1) is 20.0. The summed E-state index contributed by atoms with van der Waals surface area (Å²) < 4.78 is 11.1. The lowest BCUT2D eigenvalue weighted by Crippen LogP contribution is -2.12. The number of nitrogens with zero attached hydrogens (tertiary/aromatic N) is 2. The molecule has 1 heterocycles. The Hall–Kier alpha value is -2.79. The monoisotopic (exact) mass is 397 g/mol. The average molecular weight is 398 g/mol. The quantitative estimate of drug-likeness (QED) is 0.500. The number of aromatic nitrogens is 2. The number of nitrogens with one attached hydrogen (secondary N) is 1. The summed E-state index contributed by atoms with van der Waals surface area (Å²) in [7, 11) is 1.64. The molecule has 0 bridgehead atoms. The Morgan fingerprint density at radius 1 is 0.929 bits per heavy atom. The minimum Gasteiger partial charge on any atom is -0.497 e. The van der Waals surface area contributed by atoms with E-state index in [9.17, 15) is 0 Å². The van der Waals surface area contributed by atoms with E-state index < -0.39 is 0 Å². The van der Waals surface area contributed by atoms with Crippen LogP contribution in [0.15, 0.2) is 54.9 Å². The normalized spacial score (nSPS) is 11.7. The summed E-state index contributed by atoms with van der Waals surface area (Å²) in [6.07, 6.45) is 3.20. The molecule has 1 atom stereocenters. The van der Waals surface area contributed by atoms with Gasteiger partial charge in [-0.2, -0.15) is 0 Å². The van der Waals surface area contributed by atoms with Crippen LogP contribution in [0.4, 0.5) is 5.82 Å². The Balaban J connectivity index is 1.71. The second kappa shape index (κ2) is 9.42. The summed E-state index contributed by atoms with van der Waals surface area (Å²) in [5.41, 5.74) is 1.98. The van der Waals surface area contributed by atoms with E-state index in [0.717, 1.165) is 41.3 Å². The molecule has 28 heavy (non-hydrogen) atoms. The predicted octanol–water partition coefficient (Wildman–Crippen LogP) is 6.06. The number of hydrogen-bond donors (Lipinski definition) is 1. The van der Waals surface area contributed by atoms with Crippen LogP contribution >= 0.6 is 11.6 Å². The van der Waals surface area contributed by atoms with Gasteiger partial charge in [0.2, 0.25) is 0 Å². The molecular formula is C22H24ClN3O2. The third kappa shape index (κ3) is 4.73. The first-order chi connectivity index (χ1) is 13.6. The zero-order chi connectivity index (χ0) is 19.9. The van der Waals surface area contributed by atoms with E-state index in [1.165, 1.54) is 0 Å². The summed E-state index contributed by atoms with van der Waals surface area (Å²) in [5.74, 6) is 3.00. The van der Waals surface area contributed by atoms with Gasteiger partial charge < -0.3 is 14.8 Å². The highest BCUT2D eigenvalue weighted by atomic mass is 35.5. The second-order valence-corrected chi connectivity index (χ2v) is 6.67. The van der Waals surface area contributed by atoms with Crippen LogP contribution in [0.1, 0.15) is 37.6 Å². The maximum absolute atomic E-state index is 6.42. The molecule has 3 aromatic rings. The zero-order valence-corrected chi connectivity index (χ0v) is 17.0. The van der Waals surface area contributed by atoms with Gasteiger partial charge in [-0.1, -0.05) is 37.6 Å². The highest BCUT2D eigenvalue weighted by Crippen LogP contribution is 2.30. The van der Waals surface area contributed by atoms with Gasteiger partial charge in [-0.3, -0.25) is 0 Å². The van der Waals surface area contributed by atoms with Crippen molar-refractivity contribution in [1.29, 1.82) is 0 Å². The second-order valence-electron chi connectivity index (χ2n) is 6.29. The van der Waals surface area contributed by atoms with Crippen LogP contribution in [0.2, 0.25) is 5.02 Å². The number of halogens is 1. The maximum Gasteiger partial charge on any atom is 0.149 e. The molecule has 1 N–H and O–H groups in total. The number of hydrogen-bond acceptors (Lipinski definition) is 5. The number of ether oxygens (including phenoxy) is 2. The molecule has 0 amide bonds. The summed E-state index contributed by atoms with van der Waals surface area (Å²) in [6.45, 7) is 4.14. The van der Waals surface area contributed by atoms with Gasteiger partial charge in [0.15, 0.2) is 0 Å². The lowest BCUT2D eigenvalue weighted by atomic mass is 10.0. The number of rotatable bonds is 8. The molecule has 5 nitrogen and oxygen atoms in total. The Morgan fingerprint density at radius 2 is 1.54 bits per heavy atom. The van der Waals surface area contributed by atoms with E-state index in [2.05, 4.69) is 34.3 Å². The number of benzene rings is 2. The molecule has 0 spiro atoms.